The standard InChI is InChI=1S/C15H18N2O2/c1-10(2)11-5-6-12(13(9-11)19-4)14(18)15-16-7-8-17(15)3/h5-10H,1-4H3. The molecule has 4 heteroatoms. The number of ether oxygens (including phenoxy) is 1. The van der Waals surface area contributed by atoms with E-state index in [9.17, 15) is 4.79 Å². The molecule has 0 atom stereocenters. The monoisotopic (exact) mass is 258 g/mol. The van der Waals surface area contributed by atoms with E-state index in [1.165, 1.54) is 0 Å². The van der Waals surface area contributed by atoms with Gasteiger partial charge < -0.3 is 9.30 Å². The maximum Gasteiger partial charge on any atom is 0.232 e. The van der Waals surface area contributed by atoms with Gasteiger partial charge in [0, 0.05) is 19.4 Å². The third-order valence-corrected chi connectivity index (χ3v) is 3.16. The molecular formula is C15H18N2O2. The van der Waals surface area contributed by atoms with Crippen molar-refractivity contribution in [2.75, 3.05) is 7.11 Å². The van der Waals surface area contributed by atoms with Crippen LogP contribution in [0.25, 0.3) is 0 Å². The molecule has 0 bridgehead atoms. The Bertz CT molecular complexity index is 600. The molecule has 19 heavy (non-hydrogen) atoms. The van der Waals surface area contributed by atoms with Crippen LogP contribution in [0.4, 0.5) is 0 Å². The number of methoxy groups -OCH3 is 1. The molecule has 0 unspecified atom stereocenters. The van der Waals surface area contributed by atoms with Crippen molar-refractivity contribution in [3.05, 3.63) is 47.5 Å². The van der Waals surface area contributed by atoms with Gasteiger partial charge in [0.15, 0.2) is 5.82 Å². The van der Waals surface area contributed by atoms with Gasteiger partial charge in [-0.25, -0.2) is 4.98 Å². The van der Waals surface area contributed by atoms with Gasteiger partial charge in [-0.3, -0.25) is 4.79 Å². The highest BCUT2D eigenvalue weighted by Crippen LogP contribution is 2.26. The van der Waals surface area contributed by atoms with Crippen molar-refractivity contribution >= 4 is 5.78 Å². The van der Waals surface area contributed by atoms with Crippen molar-refractivity contribution < 1.29 is 9.53 Å². The molecular weight excluding hydrogens is 240 g/mol. The average Bonchev–Trinajstić information content (AvgIpc) is 2.83. The summed E-state index contributed by atoms with van der Waals surface area (Å²) in [6.45, 7) is 4.21. The zero-order chi connectivity index (χ0) is 14.0. The van der Waals surface area contributed by atoms with E-state index in [2.05, 4.69) is 18.8 Å². The topological polar surface area (TPSA) is 44.1 Å². The molecule has 0 aliphatic rings. The van der Waals surface area contributed by atoms with Crippen molar-refractivity contribution in [2.45, 2.75) is 19.8 Å². The molecule has 0 spiro atoms. The Kier molecular flexibility index (Phi) is 3.69. The third-order valence-electron chi connectivity index (χ3n) is 3.16. The second kappa shape index (κ2) is 5.26. The first-order valence-electron chi connectivity index (χ1n) is 6.24. The molecule has 100 valence electrons. The number of rotatable bonds is 4. The number of ketones is 1. The summed E-state index contributed by atoms with van der Waals surface area (Å²) in [6, 6.07) is 5.69. The molecule has 0 N–H and O–H groups in total. The molecule has 0 amide bonds. The molecule has 2 aromatic rings. The molecule has 0 saturated carbocycles. The van der Waals surface area contributed by atoms with Gasteiger partial charge >= 0.3 is 0 Å². The van der Waals surface area contributed by atoms with E-state index < -0.39 is 0 Å². The van der Waals surface area contributed by atoms with Gasteiger partial charge in [0.2, 0.25) is 5.78 Å². The van der Waals surface area contributed by atoms with Crippen molar-refractivity contribution in [1.29, 1.82) is 0 Å². The van der Waals surface area contributed by atoms with Crippen LogP contribution in [-0.2, 0) is 7.05 Å². The van der Waals surface area contributed by atoms with E-state index in [1.54, 1.807) is 31.1 Å². The van der Waals surface area contributed by atoms with Crippen LogP contribution < -0.4 is 4.74 Å². The molecule has 0 radical (unpaired) electrons. The molecule has 1 aromatic carbocycles. The van der Waals surface area contributed by atoms with E-state index >= 15 is 0 Å². The Hall–Kier alpha value is -2.10. The summed E-state index contributed by atoms with van der Waals surface area (Å²) in [4.78, 5) is 16.5. The fraction of sp³-hybridized carbons (Fsp3) is 0.333. The van der Waals surface area contributed by atoms with Crippen LogP contribution in [0, 0.1) is 0 Å². The first-order valence-corrected chi connectivity index (χ1v) is 6.24. The van der Waals surface area contributed by atoms with Crippen LogP contribution in [0.3, 0.4) is 0 Å². The highest BCUT2D eigenvalue weighted by molar-refractivity contribution is 6.08. The third kappa shape index (κ3) is 2.52. The van der Waals surface area contributed by atoms with Crippen LogP contribution >= 0.6 is 0 Å². The number of hydrogen-bond acceptors (Lipinski definition) is 3. The molecule has 4 nitrogen and oxygen atoms in total. The normalized spacial score (nSPS) is 10.8. The number of nitrogens with zero attached hydrogens (tertiary/aromatic N) is 2. The fourth-order valence-electron chi connectivity index (χ4n) is 1.96. The van der Waals surface area contributed by atoms with Crippen LogP contribution in [0.15, 0.2) is 30.6 Å². The summed E-state index contributed by atoms with van der Waals surface area (Å²) in [7, 11) is 3.38. The highest BCUT2D eigenvalue weighted by Gasteiger charge is 2.18. The Morgan fingerprint density at radius 2 is 2.11 bits per heavy atom. The lowest BCUT2D eigenvalue weighted by atomic mass is 9.99. The minimum Gasteiger partial charge on any atom is -0.496 e. The minimum atomic E-state index is -0.125. The fourth-order valence-corrected chi connectivity index (χ4v) is 1.96. The number of carbonyl (C=O) groups excluding carboxylic acids is 1. The van der Waals surface area contributed by atoms with Crippen molar-refractivity contribution in [1.82, 2.24) is 9.55 Å². The summed E-state index contributed by atoms with van der Waals surface area (Å²) in [5.41, 5.74) is 1.69. The van der Waals surface area contributed by atoms with Gasteiger partial charge in [-0.1, -0.05) is 19.9 Å². The van der Waals surface area contributed by atoms with Crippen LogP contribution in [0.2, 0.25) is 0 Å². The van der Waals surface area contributed by atoms with Crippen molar-refractivity contribution in [3.8, 4) is 5.75 Å². The first-order chi connectivity index (χ1) is 9.04. The lowest BCUT2D eigenvalue weighted by molar-refractivity contribution is 0.102. The smallest absolute Gasteiger partial charge is 0.232 e. The van der Waals surface area contributed by atoms with E-state index in [0.717, 1.165) is 5.56 Å². The first kappa shape index (κ1) is 13.3. The molecule has 0 saturated heterocycles. The van der Waals surface area contributed by atoms with E-state index in [-0.39, 0.29) is 5.78 Å². The molecule has 1 aromatic heterocycles. The van der Waals surface area contributed by atoms with Crippen molar-refractivity contribution in [2.24, 2.45) is 7.05 Å². The van der Waals surface area contributed by atoms with Gasteiger partial charge in [-0.15, -0.1) is 0 Å². The predicted octanol–water partition coefficient (Wildman–Crippen LogP) is 2.78. The number of aryl methyl sites for hydroxylation is 1. The van der Waals surface area contributed by atoms with Crippen LogP contribution in [-0.4, -0.2) is 22.4 Å². The molecule has 0 fully saturated rings. The Balaban J connectivity index is 2.45. The quantitative estimate of drug-likeness (QED) is 0.792. The molecule has 2 rings (SSSR count). The number of hydrogen-bond donors (Lipinski definition) is 0. The lowest BCUT2D eigenvalue weighted by Crippen LogP contribution is -2.10. The summed E-state index contributed by atoms with van der Waals surface area (Å²) < 4.78 is 7.04. The van der Waals surface area contributed by atoms with E-state index in [1.807, 2.05) is 18.2 Å². The number of imidazole rings is 1. The molecule has 0 aliphatic heterocycles. The lowest BCUT2D eigenvalue weighted by Gasteiger charge is -2.11. The Labute approximate surface area is 113 Å². The molecule has 0 aliphatic carbocycles. The highest BCUT2D eigenvalue weighted by atomic mass is 16.5. The minimum absolute atomic E-state index is 0.125. The van der Waals surface area contributed by atoms with Crippen molar-refractivity contribution in [3.63, 3.8) is 0 Å². The summed E-state index contributed by atoms with van der Waals surface area (Å²) in [5.74, 6) is 1.28. The maximum atomic E-state index is 12.4. The van der Waals surface area contributed by atoms with Gasteiger partial charge in [0.1, 0.15) is 5.75 Å². The predicted molar refractivity (Wildman–Crippen MR) is 73.7 cm³/mol. The number of carbonyl (C=O) groups is 1. The van der Waals surface area contributed by atoms with E-state index in [4.69, 9.17) is 4.74 Å². The zero-order valence-corrected chi connectivity index (χ0v) is 11.7. The number of aromatic nitrogens is 2. The summed E-state index contributed by atoms with van der Waals surface area (Å²) >= 11 is 0. The maximum absolute atomic E-state index is 12.4. The zero-order valence-electron chi connectivity index (χ0n) is 11.7. The average molecular weight is 258 g/mol. The van der Waals surface area contributed by atoms with Gasteiger partial charge in [0.25, 0.3) is 0 Å². The van der Waals surface area contributed by atoms with Gasteiger partial charge in [-0.2, -0.15) is 0 Å². The second-order valence-electron chi connectivity index (χ2n) is 4.81. The van der Waals surface area contributed by atoms with Crippen LogP contribution in [0.1, 0.15) is 41.5 Å². The Morgan fingerprint density at radius 1 is 1.37 bits per heavy atom. The number of benzene rings is 1. The molecule has 1 heterocycles. The van der Waals surface area contributed by atoms with E-state index in [0.29, 0.717) is 23.1 Å². The van der Waals surface area contributed by atoms with Gasteiger partial charge in [0.05, 0.1) is 12.7 Å². The van der Waals surface area contributed by atoms with Gasteiger partial charge in [-0.05, 0) is 23.6 Å². The SMILES string of the molecule is COc1cc(C(C)C)ccc1C(=O)c1nccn1C. The second-order valence-corrected chi connectivity index (χ2v) is 4.81. The largest absolute Gasteiger partial charge is 0.496 e. The van der Waals surface area contributed by atoms with Crippen LogP contribution in [0.5, 0.6) is 5.75 Å². The summed E-state index contributed by atoms with van der Waals surface area (Å²) in [6.07, 6.45) is 3.37. The Morgan fingerprint density at radius 3 is 2.63 bits per heavy atom. The summed E-state index contributed by atoms with van der Waals surface area (Å²) in [5, 5.41) is 0.